The maximum atomic E-state index is 12.3. The number of hydrogen-bond acceptors (Lipinski definition) is 5. The van der Waals surface area contributed by atoms with Gasteiger partial charge < -0.3 is 19.3 Å². The van der Waals surface area contributed by atoms with Crippen LogP contribution in [0.15, 0.2) is 48.5 Å². The summed E-state index contributed by atoms with van der Waals surface area (Å²) in [7, 11) is 1.57. The summed E-state index contributed by atoms with van der Waals surface area (Å²) in [5.41, 5.74) is 1.76. The van der Waals surface area contributed by atoms with Crippen LogP contribution in [-0.4, -0.2) is 56.7 Å². The van der Waals surface area contributed by atoms with Gasteiger partial charge in [0.1, 0.15) is 5.75 Å². The van der Waals surface area contributed by atoms with Crippen LogP contribution in [0.1, 0.15) is 5.56 Å². The number of ether oxygens (including phenoxy) is 2. The highest BCUT2D eigenvalue weighted by Gasteiger charge is 2.23. The summed E-state index contributed by atoms with van der Waals surface area (Å²) in [4.78, 5) is 28.2. The number of carbonyl (C=O) groups excluding carboxylic acids is 2. The van der Waals surface area contributed by atoms with Gasteiger partial charge in [0.05, 0.1) is 24.2 Å². The fraction of sp³-hybridized carbons (Fsp3) is 0.333. The molecule has 2 aromatic carbocycles. The van der Waals surface area contributed by atoms with E-state index in [0.29, 0.717) is 37.0 Å². The van der Waals surface area contributed by atoms with E-state index < -0.39 is 5.97 Å². The summed E-state index contributed by atoms with van der Waals surface area (Å²) in [5.74, 6) is 0.0619. The minimum atomic E-state index is -0.434. The highest BCUT2D eigenvalue weighted by molar-refractivity contribution is 6.33. The minimum absolute atomic E-state index is 0.102. The van der Waals surface area contributed by atoms with Crippen LogP contribution in [0.3, 0.4) is 0 Å². The number of para-hydroxylation sites is 1. The van der Waals surface area contributed by atoms with Crippen LogP contribution in [0.2, 0.25) is 5.02 Å². The lowest BCUT2D eigenvalue weighted by Gasteiger charge is -2.36. The first-order valence-electron chi connectivity index (χ1n) is 9.12. The molecular weight excluding hydrogens is 380 g/mol. The zero-order valence-electron chi connectivity index (χ0n) is 15.8. The second kappa shape index (κ2) is 9.46. The van der Waals surface area contributed by atoms with E-state index in [1.165, 1.54) is 0 Å². The lowest BCUT2D eigenvalue weighted by Crippen LogP contribution is -2.50. The molecule has 0 bridgehead atoms. The monoisotopic (exact) mass is 402 g/mol. The molecule has 1 heterocycles. The Hall–Kier alpha value is -2.73. The van der Waals surface area contributed by atoms with Gasteiger partial charge in [0.25, 0.3) is 5.91 Å². The Morgan fingerprint density at radius 1 is 1.04 bits per heavy atom. The SMILES string of the molecule is COc1cccc(CC(=O)OCC(=O)N2CCN(c3ccccc3Cl)CC2)c1. The minimum Gasteiger partial charge on any atom is -0.497 e. The molecule has 1 fully saturated rings. The molecule has 0 N–H and O–H groups in total. The third-order valence-electron chi connectivity index (χ3n) is 4.66. The largest absolute Gasteiger partial charge is 0.497 e. The van der Waals surface area contributed by atoms with E-state index in [1.807, 2.05) is 36.4 Å². The van der Waals surface area contributed by atoms with Crippen molar-refractivity contribution < 1.29 is 19.1 Å². The van der Waals surface area contributed by atoms with Gasteiger partial charge in [-0.2, -0.15) is 0 Å². The van der Waals surface area contributed by atoms with Crippen molar-refractivity contribution in [2.24, 2.45) is 0 Å². The maximum absolute atomic E-state index is 12.3. The van der Waals surface area contributed by atoms with E-state index in [9.17, 15) is 9.59 Å². The normalized spacial score (nSPS) is 13.9. The molecule has 6 nitrogen and oxygen atoms in total. The van der Waals surface area contributed by atoms with E-state index in [4.69, 9.17) is 21.1 Å². The van der Waals surface area contributed by atoms with Gasteiger partial charge in [0, 0.05) is 26.2 Å². The first-order chi connectivity index (χ1) is 13.6. The van der Waals surface area contributed by atoms with Crippen LogP contribution in [-0.2, 0) is 20.7 Å². The van der Waals surface area contributed by atoms with Crippen LogP contribution >= 0.6 is 11.6 Å². The molecule has 0 aliphatic carbocycles. The predicted octanol–water partition coefficient (Wildman–Crippen LogP) is 2.78. The molecule has 1 saturated heterocycles. The van der Waals surface area contributed by atoms with Gasteiger partial charge in [-0.3, -0.25) is 9.59 Å². The van der Waals surface area contributed by atoms with Crippen LogP contribution in [0.25, 0.3) is 0 Å². The van der Waals surface area contributed by atoms with Crippen LogP contribution in [0, 0.1) is 0 Å². The summed E-state index contributed by atoms with van der Waals surface area (Å²) < 4.78 is 10.3. The van der Waals surface area contributed by atoms with Crippen LogP contribution < -0.4 is 9.64 Å². The molecule has 3 rings (SSSR count). The quantitative estimate of drug-likeness (QED) is 0.695. The number of piperazine rings is 1. The Balaban J connectivity index is 1.44. The lowest BCUT2D eigenvalue weighted by atomic mass is 10.1. The number of carbonyl (C=O) groups is 2. The number of rotatable bonds is 6. The molecule has 0 aromatic heterocycles. The molecule has 2 aromatic rings. The molecule has 0 radical (unpaired) electrons. The molecule has 1 amide bonds. The molecule has 0 unspecified atom stereocenters. The maximum Gasteiger partial charge on any atom is 0.310 e. The van der Waals surface area contributed by atoms with E-state index in [0.717, 1.165) is 11.3 Å². The molecule has 28 heavy (non-hydrogen) atoms. The zero-order chi connectivity index (χ0) is 19.9. The van der Waals surface area contributed by atoms with Crippen molar-refractivity contribution in [2.45, 2.75) is 6.42 Å². The Bertz CT molecular complexity index is 835. The van der Waals surface area contributed by atoms with Crippen molar-refractivity contribution in [3.05, 3.63) is 59.1 Å². The molecule has 148 valence electrons. The average molecular weight is 403 g/mol. The first kappa shape index (κ1) is 20.0. The number of halogens is 1. The number of benzene rings is 2. The van der Waals surface area contributed by atoms with Crippen molar-refractivity contribution in [2.75, 3.05) is 44.8 Å². The predicted molar refractivity (Wildman–Crippen MR) is 108 cm³/mol. The molecule has 0 saturated carbocycles. The molecule has 0 spiro atoms. The summed E-state index contributed by atoms with van der Waals surface area (Å²) in [6, 6.07) is 14.9. The van der Waals surface area contributed by atoms with Gasteiger partial charge in [-0.1, -0.05) is 35.9 Å². The van der Waals surface area contributed by atoms with Crippen molar-refractivity contribution >= 4 is 29.2 Å². The Labute approximate surface area is 169 Å². The van der Waals surface area contributed by atoms with Crippen molar-refractivity contribution in [3.8, 4) is 5.75 Å². The van der Waals surface area contributed by atoms with Gasteiger partial charge in [0.2, 0.25) is 0 Å². The highest BCUT2D eigenvalue weighted by atomic mass is 35.5. The number of methoxy groups -OCH3 is 1. The second-order valence-electron chi connectivity index (χ2n) is 6.51. The van der Waals surface area contributed by atoms with E-state index in [1.54, 1.807) is 24.1 Å². The van der Waals surface area contributed by atoms with Gasteiger partial charge in [0.15, 0.2) is 6.61 Å². The van der Waals surface area contributed by atoms with Gasteiger partial charge in [-0.15, -0.1) is 0 Å². The van der Waals surface area contributed by atoms with Gasteiger partial charge >= 0.3 is 5.97 Å². The summed E-state index contributed by atoms with van der Waals surface area (Å²) in [5, 5.41) is 0.703. The number of hydrogen-bond donors (Lipinski definition) is 0. The molecule has 1 aliphatic heterocycles. The molecule has 1 aliphatic rings. The summed E-state index contributed by atoms with van der Waals surface area (Å²) in [6.45, 7) is 2.27. The lowest BCUT2D eigenvalue weighted by molar-refractivity contribution is -0.151. The third-order valence-corrected chi connectivity index (χ3v) is 4.98. The molecule has 0 atom stereocenters. The smallest absolute Gasteiger partial charge is 0.310 e. The highest BCUT2D eigenvalue weighted by Crippen LogP contribution is 2.26. The molecule has 7 heteroatoms. The number of anilines is 1. The van der Waals surface area contributed by atoms with Crippen LogP contribution in [0.4, 0.5) is 5.69 Å². The van der Waals surface area contributed by atoms with Gasteiger partial charge in [-0.25, -0.2) is 0 Å². The summed E-state index contributed by atoms with van der Waals surface area (Å²) in [6.07, 6.45) is 0.102. The van der Waals surface area contributed by atoms with Gasteiger partial charge in [-0.05, 0) is 29.8 Å². The second-order valence-corrected chi connectivity index (χ2v) is 6.92. The third kappa shape index (κ3) is 5.16. The first-order valence-corrected chi connectivity index (χ1v) is 9.50. The van der Waals surface area contributed by atoms with E-state index >= 15 is 0 Å². The zero-order valence-corrected chi connectivity index (χ0v) is 16.5. The van der Waals surface area contributed by atoms with Crippen molar-refractivity contribution in [3.63, 3.8) is 0 Å². The van der Waals surface area contributed by atoms with E-state index in [-0.39, 0.29) is 18.9 Å². The van der Waals surface area contributed by atoms with Crippen molar-refractivity contribution in [1.29, 1.82) is 0 Å². The number of amides is 1. The fourth-order valence-corrected chi connectivity index (χ4v) is 3.39. The summed E-state index contributed by atoms with van der Waals surface area (Å²) >= 11 is 6.24. The Morgan fingerprint density at radius 3 is 2.50 bits per heavy atom. The van der Waals surface area contributed by atoms with E-state index in [2.05, 4.69) is 4.90 Å². The number of nitrogens with zero attached hydrogens (tertiary/aromatic N) is 2. The van der Waals surface area contributed by atoms with Crippen LogP contribution in [0.5, 0.6) is 5.75 Å². The average Bonchev–Trinajstić information content (AvgIpc) is 2.72. The standard InChI is InChI=1S/C21H23ClN2O4/c1-27-17-6-4-5-16(13-17)14-21(26)28-15-20(25)24-11-9-23(10-12-24)19-8-3-2-7-18(19)22/h2-8,13H,9-12,14-15H2,1H3. The number of esters is 1. The van der Waals surface area contributed by atoms with Crippen molar-refractivity contribution in [1.82, 2.24) is 4.90 Å². The molecular formula is C21H23ClN2O4. The Kier molecular flexibility index (Phi) is 6.76. The topological polar surface area (TPSA) is 59.1 Å². The fourth-order valence-electron chi connectivity index (χ4n) is 3.14. The Morgan fingerprint density at radius 2 is 1.79 bits per heavy atom.